The highest BCUT2D eigenvalue weighted by Gasteiger charge is 2.14. The van der Waals surface area contributed by atoms with Crippen LogP contribution in [0.3, 0.4) is 0 Å². The fraction of sp³-hybridized carbons (Fsp3) is 0.455. The molecule has 2 rings (SSSR count). The minimum Gasteiger partial charge on any atom is -0.488 e. The van der Waals surface area contributed by atoms with Gasteiger partial charge in [-0.25, -0.2) is 4.39 Å². The molecule has 1 heterocycles. The molecule has 0 radical (unpaired) electrons. The van der Waals surface area contributed by atoms with Crippen LogP contribution in [0.1, 0.15) is 0 Å². The molecule has 1 aliphatic heterocycles. The lowest BCUT2D eigenvalue weighted by molar-refractivity contribution is -0.000537. The van der Waals surface area contributed by atoms with E-state index < -0.39 is 0 Å². The molecule has 3 nitrogen and oxygen atoms in total. The maximum atomic E-state index is 13.2. The Kier molecular flexibility index (Phi) is 5.52. The number of hydrogen-bond acceptors (Lipinski definition) is 3. The third-order valence-corrected chi connectivity index (χ3v) is 2.27. The SMILES string of the molecule is Cl.Fc1ccccc1OCC1CNCCO1. The molecule has 0 amide bonds. The molecule has 1 unspecified atom stereocenters. The van der Waals surface area contributed by atoms with Gasteiger partial charge in [-0.05, 0) is 12.1 Å². The minimum absolute atomic E-state index is 0. The highest BCUT2D eigenvalue weighted by molar-refractivity contribution is 5.85. The zero-order valence-corrected chi connectivity index (χ0v) is 9.63. The van der Waals surface area contributed by atoms with Crippen molar-refractivity contribution in [2.24, 2.45) is 0 Å². The Morgan fingerprint density at radius 2 is 2.25 bits per heavy atom. The highest BCUT2D eigenvalue weighted by atomic mass is 35.5. The third-order valence-electron chi connectivity index (χ3n) is 2.27. The molecule has 1 aromatic carbocycles. The predicted octanol–water partition coefficient (Wildman–Crippen LogP) is 1.61. The molecule has 16 heavy (non-hydrogen) atoms. The number of benzene rings is 1. The van der Waals surface area contributed by atoms with Gasteiger partial charge in [0.15, 0.2) is 11.6 Å². The number of nitrogens with one attached hydrogen (secondary N) is 1. The van der Waals surface area contributed by atoms with Crippen LogP contribution in [0.4, 0.5) is 4.39 Å². The summed E-state index contributed by atoms with van der Waals surface area (Å²) in [6, 6.07) is 6.39. The predicted molar refractivity (Wildman–Crippen MR) is 61.8 cm³/mol. The van der Waals surface area contributed by atoms with E-state index in [0.717, 1.165) is 13.1 Å². The molecule has 1 aliphatic rings. The van der Waals surface area contributed by atoms with Crippen molar-refractivity contribution in [3.05, 3.63) is 30.1 Å². The molecule has 0 saturated carbocycles. The van der Waals surface area contributed by atoms with E-state index in [1.807, 2.05) is 0 Å². The van der Waals surface area contributed by atoms with E-state index in [1.54, 1.807) is 18.2 Å². The summed E-state index contributed by atoms with van der Waals surface area (Å²) in [5.41, 5.74) is 0. The van der Waals surface area contributed by atoms with Crippen LogP contribution in [-0.2, 0) is 4.74 Å². The van der Waals surface area contributed by atoms with Crippen LogP contribution in [-0.4, -0.2) is 32.4 Å². The van der Waals surface area contributed by atoms with Crippen molar-refractivity contribution >= 4 is 12.4 Å². The molecule has 0 aliphatic carbocycles. The Hall–Kier alpha value is -0.840. The normalized spacial score (nSPS) is 19.9. The second kappa shape index (κ2) is 6.68. The van der Waals surface area contributed by atoms with Crippen LogP contribution in [0.25, 0.3) is 0 Å². The molecule has 0 aromatic heterocycles. The van der Waals surface area contributed by atoms with E-state index in [0.29, 0.717) is 13.2 Å². The Bertz CT molecular complexity index is 319. The Morgan fingerprint density at radius 1 is 1.44 bits per heavy atom. The van der Waals surface area contributed by atoms with Crippen molar-refractivity contribution in [1.29, 1.82) is 0 Å². The first-order chi connectivity index (χ1) is 7.36. The van der Waals surface area contributed by atoms with Gasteiger partial charge in [0.05, 0.1) is 6.61 Å². The van der Waals surface area contributed by atoms with Crippen molar-refractivity contribution in [2.75, 3.05) is 26.3 Å². The van der Waals surface area contributed by atoms with Gasteiger partial charge in [-0.3, -0.25) is 0 Å². The van der Waals surface area contributed by atoms with E-state index in [-0.39, 0.29) is 30.1 Å². The summed E-state index contributed by atoms with van der Waals surface area (Å²) in [6.45, 7) is 2.70. The second-order valence-electron chi connectivity index (χ2n) is 3.44. The number of halogens is 2. The minimum atomic E-state index is -0.332. The van der Waals surface area contributed by atoms with Gasteiger partial charge in [0.25, 0.3) is 0 Å². The van der Waals surface area contributed by atoms with Crippen LogP contribution >= 0.6 is 12.4 Å². The van der Waals surface area contributed by atoms with Crippen LogP contribution in [0.5, 0.6) is 5.75 Å². The fourth-order valence-electron chi connectivity index (χ4n) is 1.47. The van der Waals surface area contributed by atoms with Crippen molar-refractivity contribution in [3.8, 4) is 5.75 Å². The van der Waals surface area contributed by atoms with Crippen molar-refractivity contribution in [1.82, 2.24) is 5.32 Å². The van der Waals surface area contributed by atoms with Crippen LogP contribution in [0.2, 0.25) is 0 Å². The monoisotopic (exact) mass is 247 g/mol. The van der Waals surface area contributed by atoms with Gasteiger partial charge in [-0.2, -0.15) is 0 Å². The molecular formula is C11H15ClFNO2. The van der Waals surface area contributed by atoms with E-state index in [2.05, 4.69) is 5.32 Å². The summed E-state index contributed by atoms with van der Waals surface area (Å²) >= 11 is 0. The summed E-state index contributed by atoms with van der Waals surface area (Å²) in [7, 11) is 0. The lowest BCUT2D eigenvalue weighted by Gasteiger charge is -2.23. The molecule has 5 heteroatoms. The van der Waals surface area contributed by atoms with Gasteiger partial charge in [-0.15, -0.1) is 12.4 Å². The van der Waals surface area contributed by atoms with E-state index >= 15 is 0 Å². The fourth-order valence-corrected chi connectivity index (χ4v) is 1.47. The van der Waals surface area contributed by atoms with Crippen LogP contribution < -0.4 is 10.1 Å². The third kappa shape index (κ3) is 3.63. The standard InChI is InChI=1S/C11H14FNO2.ClH/c12-10-3-1-2-4-11(10)15-8-9-7-13-5-6-14-9;/h1-4,9,13H,5-8H2;1H. The van der Waals surface area contributed by atoms with Gasteiger partial charge in [0, 0.05) is 13.1 Å². The van der Waals surface area contributed by atoms with E-state index in [9.17, 15) is 4.39 Å². The Morgan fingerprint density at radius 3 is 2.94 bits per heavy atom. The maximum absolute atomic E-state index is 13.2. The lowest BCUT2D eigenvalue weighted by atomic mass is 10.3. The summed E-state index contributed by atoms with van der Waals surface area (Å²) in [6.07, 6.45) is 0.0124. The number of para-hydroxylation sites is 1. The highest BCUT2D eigenvalue weighted by Crippen LogP contribution is 2.15. The van der Waals surface area contributed by atoms with Gasteiger partial charge in [0.1, 0.15) is 12.7 Å². The molecule has 1 saturated heterocycles. The maximum Gasteiger partial charge on any atom is 0.165 e. The summed E-state index contributed by atoms with van der Waals surface area (Å²) in [4.78, 5) is 0. The number of ether oxygens (including phenoxy) is 2. The number of morpholine rings is 1. The van der Waals surface area contributed by atoms with Gasteiger partial charge < -0.3 is 14.8 Å². The lowest BCUT2D eigenvalue weighted by Crippen LogP contribution is -2.41. The summed E-state index contributed by atoms with van der Waals surface area (Å²) < 4.78 is 23.9. The Balaban J connectivity index is 0.00000128. The van der Waals surface area contributed by atoms with Gasteiger partial charge in [0.2, 0.25) is 0 Å². The molecule has 1 atom stereocenters. The first-order valence-electron chi connectivity index (χ1n) is 5.06. The van der Waals surface area contributed by atoms with Crippen LogP contribution in [0.15, 0.2) is 24.3 Å². The average molecular weight is 248 g/mol. The molecule has 1 aromatic rings. The van der Waals surface area contributed by atoms with Gasteiger partial charge >= 0.3 is 0 Å². The largest absolute Gasteiger partial charge is 0.488 e. The van der Waals surface area contributed by atoms with E-state index in [4.69, 9.17) is 9.47 Å². The van der Waals surface area contributed by atoms with Gasteiger partial charge in [-0.1, -0.05) is 12.1 Å². The average Bonchev–Trinajstić information content (AvgIpc) is 2.29. The zero-order valence-electron chi connectivity index (χ0n) is 8.82. The molecule has 90 valence electrons. The summed E-state index contributed by atoms with van der Waals surface area (Å²) in [5, 5.41) is 3.19. The number of rotatable bonds is 3. The summed E-state index contributed by atoms with van der Waals surface area (Å²) in [5.74, 6) is -0.0482. The second-order valence-corrected chi connectivity index (χ2v) is 3.44. The molecule has 1 fully saturated rings. The molecular weight excluding hydrogens is 233 g/mol. The number of hydrogen-bond donors (Lipinski definition) is 1. The van der Waals surface area contributed by atoms with Crippen molar-refractivity contribution in [3.63, 3.8) is 0 Å². The van der Waals surface area contributed by atoms with E-state index in [1.165, 1.54) is 6.07 Å². The topological polar surface area (TPSA) is 30.5 Å². The quantitative estimate of drug-likeness (QED) is 0.881. The first-order valence-corrected chi connectivity index (χ1v) is 5.06. The van der Waals surface area contributed by atoms with Crippen LogP contribution in [0, 0.1) is 5.82 Å². The van der Waals surface area contributed by atoms with Crippen molar-refractivity contribution in [2.45, 2.75) is 6.10 Å². The molecule has 0 spiro atoms. The first kappa shape index (κ1) is 13.2. The Labute approximate surface area is 100 Å². The zero-order chi connectivity index (χ0) is 10.5. The van der Waals surface area contributed by atoms with Crippen molar-refractivity contribution < 1.29 is 13.9 Å². The molecule has 0 bridgehead atoms. The smallest absolute Gasteiger partial charge is 0.165 e. The molecule has 1 N–H and O–H groups in total.